The van der Waals surface area contributed by atoms with Crippen molar-refractivity contribution in [3.63, 3.8) is 0 Å². The summed E-state index contributed by atoms with van der Waals surface area (Å²) in [4.78, 5) is 12.4. The highest BCUT2D eigenvalue weighted by molar-refractivity contribution is 7.99. The van der Waals surface area contributed by atoms with Crippen LogP contribution in [0.1, 0.15) is 13.3 Å². The fourth-order valence-electron chi connectivity index (χ4n) is 1.24. The highest BCUT2D eigenvalue weighted by Crippen LogP contribution is 2.11. The number of nitrogens with zero attached hydrogens (tertiary/aromatic N) is 3. The second-order valence-electron chi connectivity index (χ2n) is 3.56. The Bertz CT molecular complexity index is 367. The summed E-state index contributed by atoms with van der Waals surface area (Å²) in [6.07, 6.45) is 0.828. The van der Waals surface area contributed by atoms with Gasteiger partial charge in [0, 0.05) is 26.0 Å². The van der Waals surface area contributed by atoms with Gasteiger partial charge in [-0.3, -0.25) is 0 Å². The van der Waals surface area contributed by atoms with Crippen molar-refractivity contribution in [2.45, 2.75) is 13.3 Å². The zero-order chi connectivity index (χ0) is 13.9. The monoisotopic (exact) mass is 287 g/mol. The molecule has 8 heteroatoms. The molecule has 0 aliphatic heterocycles. The van der Waals surface area contributed by atoms with E-state index in [9.17, 15) is 0 Å². The molecule has 0 fully saturated rings. The second-order valence-corrected chi connectivity index (χ2v) is 4.79. The molecular weight excluding hydrogens is 266 g/mol. The molecule has 3 N–H and O–H groups in total. The van der Waals surface area contributed by atoms with E-state index in [0.717, 1.165) is 24.5 Å². The summed E-state index contributed by atoms with van der Waals surface area (Å²) in [6.45, 7) is 3.41. The maximum atomic E-state index is 8.66. The summed E-state index contributed by atoms with van der Waals surface area (Å²) in [6, 6.07) is 0.317. The fourth-order valence-corrected chi connectivity index (χ4v) is 2.03. The van der Waals surface area contributed by atoms with Gasteiger partial charge in [0.05, 0.1) is 6.61 Å². The van der Waals surface area contributed by atoms with Crippen molar-refractivity contribution in [3.8, 4) is 6.01 Å². The molecule has 0 saturated heterocycles. The summed E-state index contributed by atoms with van der Waals surface area (Å²) in [5.74, 6) is 2.88. The van der Waals surface area contributed by atoms with Gasteiger partial charge in [-0.25, -0.2) is 0 Å². The van der Waals surface area contributed by atoms with Gasteiger partial charge in [-0.1, -0.05) is 0 Å². The summed E-state index contributed by atoms with van der Waals surface area (Å²) in [5.41, 5.74) is 0. The van der Waals surface area contributed by atoms with Crippen LogP contribution < -0.4 is 15.4 Å². The first-order chi connectivity index (χ1) is 9.30. The zero-order valence-electron chi connectivity index (χ0n) is 11.3. The normalized spacial score (nSPS) is 10.3. The molecule has 1 rings (SSSR count). The lowest BCUT2D eigenvalue weighted by Crippen LogP contribution is -2.11. The van der Waals surface area contributed by atoms with Crippen molar-refractivity contribution >= 4 is 23.7 Å². The topological polar surface area (TPSA) is 92.2 Å². The Morgan fingerprint density at radius 3 is 2.68 bits per heavy atom. The first-order valence-corrected chi connectivity index (χ1v) is 7.44. The number of hydrogen-bond acceptors (Lipinski definition) is 8. The third-order valence-electron chi connectivity index (χ3n) is 2.09. The summed E-state index contributed by atoms with van der Waals surface area (Å²) in [7, 11) is 1.75. The van der Waals surface area contributed by atoms with Crippen molar-refractivity contribution in [2.75, 3.05) is 48.9 Å². The van der Waals surface area contributed by atoms with Gasteiger partial charge in [0.1, 0.15) is 0 Å². The Hall–Kier alpha value is -1.28. The van der Waals surface area contributed by atoms with E-state index >= 15 is 0 Å². The summed E-state index contributed by atoms with van der Waals surface area (Å²) >= 11 is 1.78. The molecule has 0 aromatic carbocycles. The average molecular weight is 287 g/mol. The van der Waals surface area contributed by atoms with Crippen LogP contribution in [0.5, 0.6) is 6.01 Å². The van der Waals surface area contributed by atoms with Crippen molar-refractivity contribution in [1.82, 2.24) is 15.0 Å². The third-order valence-corrected chi connectivity index (χ3v) is 3.16. The zero-order valence-corrected chi connectivity index (χ0v) is 12.2. The highest BCUT2D eigenvalue weighted by Gasteiger charge is 2.05. The van der Waals surface area contributed by atoms with Crippen LogP contribution in [0, 0.1) is 0 Å². The molecule has 1 heterocycles. The number of ether oxygens (including phenoxy) is 1. The number of thioether (sulfide) groups is 1. The van der Waals surface area contributed by atoms with Crippen LogP contribution in [0.15, 0.2) is 0 Å². The van der Waals surface area contributed by atoms with Gasteiger partial charge in [-0.05, 0) is 19.1 Å². The van der Waals surface area contributed by atoms with Crippen LogP contribution in [-0.4, -0.2) is 58.4 Å². The van der Waals surface area contributed by atoms with E-state index in [1.165, 1.54) is 0 Å². The van der Waals surface area contributed by atoms with E-state index in [4.69, 9.17) is 9.84 Å². The number of rotatable bonds is 10. The molecule has 19 heavy (non-hydrogen) atoms. The number of aliphatic hydroxyl groups excluding tert-OH is 1. The lowest BCUT2D eigenvalue weighted by Gasteiger charge is -2.08. The maximum absolute atomic E-state index is 8.66. The quantitative estimate of drug-likeness (QED) is 0.545. The predicted octanol–water partition coefficient (Wildman–Crippen LogP) is 0.839. The molecule has 1 aromatic rings. The predicted molar refractivity (Wildman–Crippen MR) is 78.1 cm³/mol. The highest BCUT2D eigenvalue weighted by atomic mass is 32.2. The number of hydrogen-bond donors (Lipinski definition) is 3. The molecule has 0 bridgehead atoms. The van der Waals surface area contributed by atoms with E-state index in [0.29, 0.717) is 24.5 Å². The minimum atomic E-state index is 0.247. The van der Waals surface area contributed by atoms with Gasteiger partial charge in [-0.2, -0.15) is 26.7 Å². The molecule has 0 radical (unpaired) electrons. The van der Waals surface area contributed by atoms with Crippen molar-refractivity contribution < 1.29 is 9.84 Å². The van der Waals surface area contributed by atoms with Crippen LogP contribution in [0.2, 0.25) is 0 Å². The number of aromatic nitrogens is 3. The number of aliphatic hydroxyl groups is 1. The lowest BCUT2D eigenvalue weighted by molar-refractivity contribution is 0.296. The van der Waals surface area contributed by atoms with Crippen molar-refractivity contribution in [2.24, 2.45) is 0 Å². The van der Waals surface area contributed by atoms with Crippen LogP contribution in [0.4, 0.5) is 11.9 Å². The second kappa shape index (κ2) is 9.62. The van der Waals surface area contributed by atoms with E-state index in [1.807, 2.05) is 6.92 Å². The van der Waals surface area contributed by atoms with Gasteiger partial charge in [0.15, 0.2) is 0 Å². The van der Waals surface area contributed by atoms with Crippen molar-refractivity contribution in [1.29, 1.82) is 0 Å². The molecule has 0 amide bonds. The van der Waals surface area contributed by atoms with E-state index < -0.39 is 0 Å². The van der Waals surface area contributed by atoms with Gasteiger partial charge >= 0.3 is 6.01 Å². The molecule has 1 aromatic heterocycles. The standard InChI is InChI=1S/C11H21N5O2S/c1-3-18-11-15-9(12-2)14-10(16-11)13-5-8-19-7-4-6-17/h17H,3-8H2,1-2H3,(H2,12,13,14,15,16). The molecule has 0 aliphatic carbocycles. The van der Waals surface area contributed by atoms with E-state index in [-0.39, 0.29) is 6.61 Å². The molecule has 0 aliphatic rings. The Morgan fingerprint density at radius 1 is 1.21 bits per heavy atom. The molecule has 7 nitrogen and oxygen atoms in total. The van der Waals surface area contributed by atoms with Crippen LogP contribution in [0.3, 0.4) is 0 Å². The summed E-state index contributed by atoms with van der Waals surface area (Å²) in [5, 5.41) is 14.7. The average Bonchev–Trinajstić information content (AvgIpc) is 2.43. The summed E-state index contributed by atoms with van der Waals surface area (Å²) < 4.78 is 5.27. The maximum Gasteiger partial charge on any atom is 0.323 e. The SMILES string of the molecule is CCOc1nc(NC)nc(NCCSCCCO)n1. The van der Waals surface area contributed by atoms with Crippen LogP contribution in [0.25, 0.3) is 0 Å². The minimum Gasteiger partial charge on any atom is -0.464 e. The smallest absolute Gasteiger partial charge is 0.323 e. The number of anilines is 2. The van der Waals surface area contributed by atoms with E-state index in [2.05, 4.69) is 25.6 Å². The van der Waals surface area contributed by atoms with Crippen LogP contribution >= 0.6 is 11.8 Å². The molecule has 0 saturated carbocycles. The number of nitrogens with one attached hydrogen (secondary N) is 2. The molecule has 0 unspecified atom stereocenters. The first-order valence-electron chi connectivity index (χ1n) is 6.29. The van der Waals surface area contributed by atoms with Gasteiger partial charge < -0.3 is 20.5 Å². The van der Waals surface area contributed by atoms with Crippen molar-refractivity contribution in [3.05, 3.63) is 0 Å². The minimum absolute atomic E-state index is 0.247. The molecular formula is C11H21N5O2S. The molecule has 0 spiro atoms. The van der Waals surface area contributed by atoms with Gasteiger partial charge in [-0.15, -0.1) is 0 Å². The Balaban J connectivity index is 2.41. The first kappa shape index (κ1) is 15.8. The molecule has 0 atom stereocenters. The van der Waals surface area contributed by atoms with E-state index in [1.54, 1.807) is 18.8 Å². The van der Waals surface area contributed by atoms with Gasteiger partial charge in [0.2, 0.25) is 11.9 Å². The largest absolute Gasteiger partial charge is 0.464 e. The Kier molecular flexibility index (Phi) is 7.99. The molecule has 108 valence electrons. The third kappa shape index (κ3) is 6.44. The fraction of sp³-hybridized carbons (Fsp3) is 0.727. The Morgan fingerprint density at radius 2 is 2.00 bits per heavy atom. The lowest BCUT2D eigenvalue weighted by atomic mass is 10.5. The van der Waals surface area contributed by atoms with Gasteiger partial charge in [0.25, 0.3) is 0 Å². The van der Waals surface area contributed by atoms with Crippen LogP contribution in [-0.2, 0) is 0 Å². The Labute approximate surface area is 117 Å².